The molecule has 1 heterocycles. The lowest BCUT2D eigenvalue weighted by molar-refractivity contribution is -0.126. The minimum atomic E-state index is -0.483. The molecule has 1 amide bonds. The fourth-order valence-corrected chi connectivity index (χ4v) is 2.59. The molecule has 0 unspecified atom stereocenters. The second-order valence-corrected chi connectivity index (χ2v) is 5.76. The van der Waals surface area contributed by atoms with Crippen LogP contribution in [0.2, 0.25) is 0 Å². The second kappa shape index (κ2) is 6.37. The van der Waals surface area contributed by atoms with Crippen molar-refractivity contribution in [2.45, 2.75) is 32.7 Å². The SMILES string of the molecule is CCc1ccccc1NC(=O)C(C)(C)N1CCNCC1. The van der Waals surface area contributed by atoms with Gasteiger partial charge in [-0.1, -0.05) is 25.1 Å². The van der Waals surface area contributed by atoms with Crippen molar-refractivity contribution in [2.24, 2.45) is 0 Å². The maximum absolute atomic E-state index is 12.6. The van der Waals surface area contributed by atoms with Gasteiger partial charge in [0.15, 0.2) is 0 Å². The van der Waals surface area contributed by atoms with E-state index in [9.17, 15) is 4.79 Å². The van der Waals surface area contributed by atoms with Crippen molar-refractivity contribution in [1.29, 1.82) is 0 Å². The van der Waals surface area contributed by atoms with E-state index in [4.69, 9.17) is 0 Å². The third-order valence-electron chi connectivity index (χ3n) is 4.11. The van der Waals surface area contributed by atoms with Crippen LogP contribution in [0.5, 0.6) is 0 Å². The van der Waals surface area contributed by atoms with E-state index in [2.05, 4.69) is 28.5 Å². The second-order valence-electron chi connectivity index (χ2n) is 5.76. The van der Waals surface area contributed by atoms with Crippen LogP contribution in [-0.4, -0.2) is 42.5 Å². The lowest BCUT2D eigenvalue weighted by atomic mass is 9.99. The van der Waals surface area contributed by atoms with Crippen molar-refractivity contribution in [3.05, 3.63) is 29.8 Å². The summed E-state index contributed by atoms with van der Waals surface area (Å²) in [7, 11) is 0. The van der Waals surface area contributed by atoms with Crippen molar-refractivity contribution < 1.29 is 4.79 Å². The van der Waals surface area contributed by atoms with Crippen LogP contribution in [0.15, 0.2) is 24.3 Å². The van der Waals surface area contributed by atoms with E-state index in [1.54, 1.807) is 0 Å². The number of carbonyl (C=O) groups is 1. The van der Waals surface area contributed by atoms with Gasteiger partial charge in [-0.25, -0.2) is 0 Å². The molecule has 0 bridgehead atoms. The topological polar surface area (TPSA) is 44.4 Å². The normalized spacial score (nSPS) is 16.9. The van der Waals surface area contributed by atoms with E-state index in [0.29, 0.717) is 0 Å². The number of rotatable bonds is 4. The summed E-state index contributed by atoms with van der Waals surface area (Å²) in [5.41, 5.74) is 1.63. The molecule has 0 atom stereocenters. The zero-order chi connectivity index (χ0) is 14.6. The largest absolute Gasteiger partial charge is 0.324 e. The molecule has 1 aliphatic rings. The van der Waals surface area contributed by atoms with Crippen LogP contribution in [0.3, 0.4) is 0 Å². The molecule has 1 saturated heterocycles. The van der Waals surface area contributed by atoms with Crippen molar-refractivity contribution in [2.75, 3.05) is 31.5 Å². The fraction of sp³-hybridized carbons (Fsp3) is 0.562. The Bertz CT molecular complexity index is 465. The average Bonchev–Trinajstić information content (AvgIpc) is 2.48. The number of para-hydroxylation sites is 1. The number of piperazine rings is 1. The summed E-state index contributed by atoms with van der Waals surface area (Å²) in [6.45, 7) is 9.83. The first-order valence-corrected chi connectivity index (χ1v) is 7.41. The summed E-state index contributed by atoms with van der Waals surface area (Å²) in [5, 5.41) is 6.42. The molecule has 2 N–H and O–H groups in total. The van der Waals surface area contributed by atoms with Crippen LogP contribution < -0.4 is 10.6 Å². The summed E-state index contributed by atoms with van der Waals surface area (Å²) >= 11 is 0. The summed E-state index contributed by atoms with van der Waals surface area (Å²) in [4.78, 5) is 14.9. The number of nitrogens with zero attached hydrogens (tertiary/aromatic N) is 1. The van der Waals surface area contributed by atoms with Gasteiger partial charge < -0.3 is 10.6 Å². The number of benzene rings is 1. The number of aryl methyl sites for hydroxylation is 1. The minimum absolute atomic E-state index is 0.0697. The Balaban J connectivity index is 2.10. The van der Waals surface area contributed by atoms with Gasteiger partial charge in [-0.05, 0) is 31.9 Å². The van der Waals surface area contributed by atoms with Gasteiger partial charge in [0.1, 0.15) is 0 Å². The van der Waals surface area contributed by atoms with Gasteiger partial charge >= 0.3 is 0 Å². The molecule has 4 nitrogen and oxygen atoms in total. The van der Waals surface area contributed by atoms with Crippen LogP contribution in [0.1, 0.15) is 26.3 Å². The highest BCUT2D eigenvalue weighted by atomic mass is 16.2. The van der Waals surface area contributed by atoms with Gasteiger partial charge in [0, 0.05) is 31.9 Å². The van der Waals surface area contributed by atoms with E-state index in [-0.39, 0.29) is 5.91 Å². The van der Waals surface area contributed by atoms with Gasteiger partial charge in [-0.3, -0.25) is 9.69 Å². The summed E-state index contributed by atoms with van der Waals surface area (Å²) in [6.07, 6.45) is 0.921. The Morgan fingerprint density at radius 1 is 1.30 bits per heavy atom. The molecule has 0 aromatic heterocycles. The molecule has 4 heteroatoms. The molecule has 1 aromatic carbocycles. The molecule has 1 aliphatic heterocycles. The van der Waals surface area contributed by atoms with Crippen LogP contribution in [0.4, 0.5) is 5.69 Å². The third-order valence-corrected chi connectivity index (χ3v) is 4.11. The highest BCUT2D eigenvalue weighted by molar-refractivity contribution is 5.98. The Hall–Kier alpha value is -1.39. The molecule has 0 spiro atoms. The predicted octanol–water partition coefficient (Wildman–Crippen LogP) is 1.87. The van der Waals surface area contributed by atoms with Crippen molar-refractivity contribution in [3.63, 3.8) is 0 Å². The fourth-order valence-electron chi connectivity index (χ4n) is 2.59. The molecule has 0 radical (unpaired) electrons. The van der Waals surface area contributed by atoms with Crippen LogP contribution in [0.25, 0.3) is 0 Å². The number of anilines is 1. The standard InChI is InChI=1S/C16H25N3O/c1-4-13-7-5-6-8-14(13)18-15(20)16(2,3)19-11-9-17-10-12-19/h5-8,17H,4,9-12H2,1-3H3,(H,18,20). The summed E-state index contributed by atoms with van der Waals surface area (Å²) in [6, 6.07) is 8.01. The molecule has 1 aromatic rings. The quantitative estimate of drug-likeness (QED) is 0.882. The zero-order valence-electron chi connectivity index (χ0n) is 12.7. The Kier molecular flexibility index (Phi) is 4.78. The molecule has 0 saturated carbocycles. The van der Waals surface area contributed by atoms with E-state index in [1.807, 2.05) is 32.0 Å². The summed E-state index contributed by atoms with van der Waals surface area (Å²) in [5.74, 6) is 0.0697. The number of amides is 1. The van der Waals surface area contributed by atoms with Crippen LogP contribution in [0, 0.1) is 0 Å². The Morgan fingerprint density at radius 2 is 1.95 bits per heavy atom. The van der Waals surface area contributed by atoms with Gasteiger partial charge in [-0.15, -0.1) is 0 Å². The monoisotopic (exact) mass is 275 g/mol. The molecule has 0 aliphatic carbocycles. The van der Waals surface area contributed by atoms with Gasteiger partial charge in [0.2, 0.25) is 5.91 Å². The van der Waals surface area contributed by atoms with Crippen molar-refractivity contribution >= 4 is 11.6 Å². The average molecular weight is 275 g/mol. The first kappa shape index (κ1) is 15.0. The van der Waals surface area contributed by atoms with E-state index in [0.717, 1.165) is 38.3 Å². The minimum Gasteiger partial charge on any atom is -0.324 e. The van der Waals surface area contributed by atoms with Crippen molar-refractivity contribution in [1.82, 2.24) is 10.2 Å². The van der Waals surface area contributed by atoms with Gasteiger partial charge in [0.25, 0.3) is 0 Å². The maximum Gasteiger partial charge on any atom is 0.244 e. The first-order chi connectivity index (χ1) is 9.55. The van der Waals surface area contributed by atoms with E-state index in [1.165, 1.54) is 5.56 Å². The van der Waals surface area contributed by atoms with E-state index >= 15 is 0 Å². The molecule has 110 valence electrons. The van der Waals surface area contributed by atoms with Gasteiger partial charge in [0.05, 0.1) is 5.54 Å². The smallest absolute Gasteiger partial charge is 0.244 e. The maximum atomic E-state index is 12.6. The lowest BCUT2D eigenvalue weighted by Crippen LogP contribution is -2.58. The highest BCUT2D eigenvalue weighted by Gasteiger charge is 2.35. The number of nitrogens with one attached hydrogen (secondary N) is 2. The Labute approximate surface area is 121 Å². The molecule has 2 rings (SSSR count). The van der Waals surface area contributed by atoms with Gasteiger partial charge in [-0.2, -0.15) is 0 Å². The number of carbonyl (C=O) groups excluding carboxylic acids is 1. The Morgan fingerprint density at radius 3 is 2.60 bits per heavy atom. The van der Waals surface area contributed by atoms with E-state index < -0.39 is 5.54 Å². The number of hydrogen-bond acceptors (Lipinski definition) is 3. The highest BCUT2D eigenvalue weighted by Crippen LogP contribution is 2.21. The molecular weight excluding hydrogens is 250 g/mol. The van der Waals surface area contributed by atoms with Crippen LogP contribution >= 0.6 is 0 Å². The number of hydrogen-bond donors (Lipinski definition) is 2. The lowest BCUT2D eigenvalue weighted by Gasteiger charge is -2.39. The molecule has 20 heavy (non-hydrogen) atoms. The third kappa shape index (κ3) is 3.19. The summed E-state index contributed by atoms with van der Waals surface area (Å²) < 4.78 is 0. The first-order valence-electron chi connectivity index (χ1n) is 7.41. The van der Waals surface area contributed by atoms with Crippen LogP contribution in [-0.2, 0) is 11.2 Å². The van der Waals surface area contributed by atoms with Crippen molar-refractivity contribution in [3.8, 4) is 0 Å². The zero-order valence-corrected chi connectivity index (χ0v) is 12.7. The molecule has 1 fully saturated rings. The predicted molar refractivity (Wildman–Crippen MR) is 83.0 cm³/mol. The molecular formula is C16H25N3O.